The summed E-state index contributed by atoms with van der Waals surface area (Å²) in [5, 5.41) is 11.0. The smallest absolute Gasteiger partial charge is 0.226 e. The number of benzene rings is 9. The number of amides is 2. The summed E-state index contributed by atoms with van der Waals surface area (Å²) in [7, 11) is 0. The molecule has 5 saturated heterocycles. The number of nitrogens with zero attached hydrogens (tertiary/aromatic N) is 19. The van der Waals surface area contributed by atoms with Crippen molar-refractivity contribution in [3.8, 4) is 72.8 Å². The number of rotatable bonds is 12. The number of likely N-dealkylation sites (tertiary alicyclic amines) is 3. The molecular formula is C112H101BrF5N19O2S2. The number of carbonyl (C=O) groups is 2. The van der Waals surface area contributed by atoms with Crippen molar-refractivity contribution >= 4 is 72.2 Å². The predicted octanol–water partition coefficient (Wildman–Crippen LogP) is 23.0. The normalized spacial score (nSPS) is 19.1. The number of para-hydroxylation sites is 1. The van der Waals surface area contributed by atoms with Gasteiger partial charge in [0.1, 0.15) is 34.9 Å². The van der Waals surface area contributed by atoms with Crippen LogP contribution in [0.2, 0.25) is 0 Å². The topological polar surface area (TPSA) is 201 Å². The van der Waals surface area contributed by atoms with E-state index in [-0.39, 0.29) is 77.0 Å². The SMILES string of the molecule is Fc1cccc2c1C(C1CCN(C3=Nc4ccccc4C3)CC1)n1cncc1-2.Fc1cccc2c1C(C1CCN(c3ncc(-c4ccccc4)s3)CC1)n1cncc1-2.Fc1cccc2c1C(C1CCN(c3ncc(Br)s3)CC1)n1cncc1-2.N#Cc1ccc(CC(=O)N2CCC(C3c4c(F)cccc4-c4cncn43)CC2)cc1.O=C(Cc1ccccc1)N1CCC(C2c3c(F)cccc3-c3cncn32)CC1. The number of halogens is 6. The second-order valence-electron chi connectivity index (χ2n) is 38.4. The van der Waals surface area contributed by atoms with Crippen LogP contribution in [0.5, 0.6) is 0 Å². The Hall–Kier alpha value is -14.1. The maximum Gasteiger partial charge on any atom is 0.226 e. The van der Waals surface area contributed by atoms with E-state index in [0.717, 1.165) is 238 Å². The highest BCUT2D eigenvalue weighted by Crippen LogP contribution is 2.54. The molecule has 9 aromatic carbocycles. The van der Waals surface area contributed by atoms with E-state index in [1.165, 1.54) is 27.9 Å². The lowest BCUT2D eigenvalue weighted by molar-refractivity contribution is -0.132. The van der Waals surface area contributed by atoms with Crippen molar-refractivity contribution in [2.75, 3.05) is 75.2 Å². The Morgan fingerprint density at radius 2 is 0.681 bits per heavy atom. The fraction of sp³-hybridized carbons (Fsp3) is 0.295. The molecule has 11 aliphatic rings. The van der Waals surface area contributed by atoms with Crippen molar-refractivity contribution < 1.29 is 31.5 Å². The molecule has 16 aromatic rings. The molecule has 18 heterocycles. The van der Waals surface area contributed by atoms with Crippen molar-refractivity contribution in [1.29, 1.82) is 5.26 Å². The average Bonchev–Trinajstić information content (AvgIpc) is 1.61. The van der Waals surface area contributed by atoms with Crippen LogP contribution < -0.4 is 9.80 Å². The predicted molar refractivity (Wildman–Crippen MR) is 541 cm³/mol. The van der Waals surface area contributed by atoms with Gasteiger partial charge in [-0.15, -0.1) is 0 Å². The van der Waals surface area contributed by atoms with E-state index >= 15 is 0 Å². The third-order valence-corrected chi connectivity index (χ3v) is 33.4. The fourth-order valence-corrected chi connectivity index (χ4v) is 26.1. The summed E-state index contributed by atoms with van der Waals surface area (Å²) in [6.45, 7) is 8.52. The maximum atomic E-state index is 14.8. The molecule has 0 N–H and O–H groups in total. The van der Waals surface area contributed by atoms with E-state index in [1.807, 2.05) is 157 Å². The third-order valence-electron chi connectivity index (χ3n) is 30.7. The number of anilines is 2. The summed E-state index contributed by atoms with van der Waals surface area (Å²) in [6.07, 6.45) is 33.4. The van der Waals surface area contributed by atoms with E-state index in [4.69, 9.17) is 10.3 Å². The summed E-state index contributed by atoms with van der Waals surface area (Å²) >= 11 is 6.89. The van der Waals surface area contributed by atoms with Gasteiger partial charge >= 0.3 is 0 Å². The summed E-state index contributed by atoms with van der Waals surface area (Å²) in [5.41, 5.74) is 20.2. The van der Waals surface area contributed by atoms with Crippen LogP contribution in [0.3, 0.4) is 0 Å². The molecule has 710 valence electrons. The number of amidine groups is 1. The molecule has 5 fully saturated rings. The van der Waals surface area contributed by atoms with Gasteiger partial charge < -0.3 is 47.3 Å². The Morgan fingerprint density at radius 1 is 0.355 bits per heavy atom. The van der Waals surface area contributed by atoms with Gasteiger partial charge in [0.05, 0.1) is 166 Å². The number of thiazole rings is 2. The molecule has 5 atom stereocenters. The summed E-state index contributed by atoms with van der Waals surface area (Å²) in [5.74, 6) is 2.61. The molecule has 27 rings (SSSR count). The second kappa shape index (κ2) is 39.2. The Bertz CT molecular complexity index is 7370. The van der Waals surface area contributed by atoms with Crippen LogP contribution in [-0.4, -0.2) is 156 Å². The van der Waals surface area contributed by atoms with E-state index in [9.17, 15) is 31.5 Å². The molecule has 7 aromatic heterocycles. The van der Waals surface area contributed by atoms with Gasteiger partial charge in [0.2, 0.25) is 11.8 Å². The number of fused-ring (bicyclic) bond motifs is 16. The standard InChI is InChI=1S/C24H21FN4O.C24H21FN4S.C23H21FN4.C23H22FN3O.C18H16BrFN4S/c25-20-3-1-2-19-21-14-27-15-29(21)24(23(19)20)18-8-10-28(11-9-18)22(30)12-16-4-6-17(13-26)7-5-16;25-19-8-4-7-18-20-13-26-15-29(20)23(22(18)19)17-9-11-28(12-10-17)24-27-14-21(30-24)16-5-2-1-3-6-16;24-18-6-3-5-17-20-13-25-14-28(20)23(22(17)18)15-8-10-27(11-9-15)21-12-16-4-1-2-7-19(16)26-21;24-19-8-4-7-18-20-14-25-15-27(20)23(22(18)19)17-9-11-26(12-10-17)21(28)13-16-5-2-1-3-6-16;19-15-9-22-18(25-15)23-6-4-11(5-7-23)17-16-12(2-1-3-13(16)20)14-8-21-10-24(14)17/h1-7,14-15,18,24H,8-12H2;1-8,13-15,17,23H,9-12H2;1-7,13-15,23H,8-12H2;1-8,14-15,17,23H,9-13H2;1-3,8-11,17H,4-7H2. The van der Waals surface area contributed by atoms with Gasteiger partial charge in [0, 0.05) is 134 Å². The highest BCUT2D eigenvalue weighted by atomic mass is 79.9. The van der Waals surface area contributed by atoms with E-state index in [2.05, 4.69) is 137 Å². The molecule has 141 heavy (non-hydrogen) atoms. The van der Waals surface area contributed by atoms with Crippen molar-refractivity contribution in [2.45, 2.75) is 114 Å². The van der Waals surface area contributed by atoms with Crippen LogP contribution in [0.15, 0.2) is 284 Å². The van der Waals surface area contributed by atoms with Crippen LogP contribution in [0.1, 0.15) is 144 Å². The van der Waals surface area contributed by atoms with Crippen LogP contribution in [0.4, 0.5) is 37.9 Å². The zero-order valence-electron chi connectivity index (χ0n) is 77.4. The number of aliphatic imine (C=N–C) groups is 1. The minimum absolute atomic E-state index is 0.0277. The molecule has 11 aliphatic heterocycles. The van der Waals surface area contributed by atoms with E-state index in [1.54, 1.807) is 102 Å². The molecule has 29 heteroatoms. The number of carbonyl (C=O) groups excluding carboxylic acids is 2. The first kappa shape index (κ1) is 90.7. The minimum Gasteiger partial charge on any atom is -0.360 e. The van der Waals surface area contributed by atoms with Crippen molar-refractivity contribution in [3.63, 3.8) is 0 Å². The summed E-state index contributed by atoms with van der Waals surface area (Å²) in [6, 6.07) is 64.6. The van der Waals surface area contributed by atoms with Gasteiger partial charge in [-0.1, -0.05) is 174 Å². The van der Waals surface area contributed by atoms with Gasteiger partial charge in [-0.2, -0.15) is 5.26 Å². The summed E-state index contributed by atoms with van der Waals surface area (Å²) in [4.78, 5) is 73.1. The number of aromatic nitrogens is 12. The summed E-state index contributed by atoms with van der Waals surface area (Å²) < 4.78 is 85.3. The minimum atomic E-state index is -0.166. The third kappa shape index (κ3) is 17.4. The van der Waals surface area contributed by atoms with Crippen LogP contribution in [0, 0.1) is 70.0 Å². The van der Waals surface area contributed by atoms with E-state index < -0.39 is 0 Å². The van der Waals surface area contributed by atoms with Crippen LogP contribution in [0.25, 0.3) is 66.7 Å². The van der Waals surface area contributed by atoms with Gasteiger partial charge in [0.25, 0.3) is 0 Å². The zero-order chi connectivity index (χ0) is 95.5. The molecule has 2 amide bonds. The molecule has 5 unspecified atom stereocenters. The van der Waals surface area contributed by atoms with Crippen molar-refractivity contribution in [2.24, 2.45) is 34.6 Å². The maximum absolute atomic E-state index is 14.8. The largest absolute Gasteiger partial charge is 0.360 e. The van der Waals surface area contributed by atoms with Crippen LogP contribution in [-0.2, 0) is 28.9 Å². The molecular weight excluding hydrogens is 1880 g/mol. The molecule has 0 aliphatic carbocycles. The molecule has 0 radical (unpaired) electrons. The number of hydrogen-bond donors (Lipinski definition) is 0. The van der Waals surface area contributed by atoms with Crippen molar-refractivity contribution in [3.05, 3.63) is 358 Å². The van der Waals surface area contributed by atoms with Gasteiger partial charge in [-0.3, -0.25) is 9.59 Å². The highest BCUT2D eigenvalue weighted by molar-refractivity contribution is 9.11. The average molecular weight is 1980 g/mol. The Balaban J connectivity index is 0.0000000983. The quantitative estimate of drug-likeness (QED) is 0.105. The lowest BCUT2D eigenvalue weighted by atomic mass is 9.85. The van der Waals surface area contributed by atoms with Gasteiger partial charge in [-0.05, 0) is 181 Å². The van der Waals surface area contributed by atoms with Crippen molar-refractivity contribution in [1.82, 2.24) is 72.4 Å². The molecule has 0 saturated carbocycles. The number of imidazole rings is 5. The first-order valence-electron chi connectivity index (χ1n) is 48.8. The Labute approximate surface area is 830 Å². The highest BCUT2D eigenvalue weighted by Gasteiger charge is 2.46. The Kier molecular flexibility index (Phi) is 25.2. The Morgan fingerprint density at radius 3 is 1.04 bits per heavy atom. The number of nitriles is 1. The lowest BCUT2D eigenvalue weighted by Gasteiger charge is -2.36. The first-order chi connectivity index (χ1) is 69.2. The number of piperidine rings is 5. The molecule has 21 nitrogen and oxygen atoms in total. The second-order valence-corrected chi connectivity index (χ2v) is 41.8. The van der Waals surface area contributed by atoms with Crippen LogP contribution >= 0.6 is 38.6 Å². The van der Waals surface area contributed by atoms with Gasteiger partial charge in [0.15, 0.2) is 10.3 Å². The lowest BCUT2D eigenvalue weighted by Crippen LogP contribution is -2.41. The monoisotopic (exact) mass is 1980 g/mol. The molecule has 0 spiro atoms. The first-order valence-corrected chi connectivity index (χ1v) is 51.3. The van der Waals surface area contributed by atoms with Gasteiger partial charge in [-0.25, -0.2) is 61.8 Å². The number of hydrogen-bond acceptors (Lipinski definition) is 16. The molecule has 0 bridgehead atoms. The zero-order valence-corrected chi connectivity index (χ0v) is 80.6. The van der Waals surface area contributed by atoms with E-state index in [0.29, 0.717) is 55.2 Å². The fourth-order valence-electron chi connectivity index (χ4n) is 23.9.